The number of benzene rings is 1. The fourth-order valence-electron chi connectivity index (χ4n) is 4.80. The summed E-state index contributed by atoms with van der Waals surface area (Å²) in [5.41, 5.74) is 1.59. The summed E-state index contributed by atoms with van der Waals surface area (Å²) in [6.45, 7) is 7.11. The van der Waals surface area contributed by atoms with Crippen LogP contribution < -0.4 is 15.5 Å². The van der Waals surface area contributed by atoms with Crippen molar-refractivity contribution < 1.29 is 19.2 Å². The highest BCUT2D eigenvalue weighted by molar-refractivity contribution is 6.23. The van der Waals surface area contributed by atoms with Crippen molar-refractivity contribution in [3.8, 4) is 0 Å². The first-order valence-electron chi connectivity index (χ1n) is 11.0. The molecule has 31 heavy (non-hydrogen) atoms. The van der Waals surface area contributed by atoms with E-state index in [9.17, 15) is 19.2 Å². The standard InChI is InChI=1S/C22H27N5O4/c28-19-4-3-18(20(29)24-19)27-21(30)16-2-1-15(11-17(16)22(27)31)26-9-7-25(8-10-26)6-5-14-12-23-13-14/h1-2,11,14,18,23H,3-10,12-13H2,(H,24,28,29). The lowest BCUT2D eigenvalue weighted by Gasteiger charge is -2.37. The van der Waals surface area contributed by atoms with Gasteiger partial charge in [-0.25, -0.2) is 0 Å². The van der Waals surface area contributed by atoms with Crippen molar-refractivity contribution in [1.29, 1.82) is 0 Å². The molecule has 4 amide bonds. The Morgan fingerprint density at radius 1 is 0.935 bits per heavy atom. The Morgan fingerprint density at radius 2 is 1.68 bits per heavy atom. The summed E-state index contributed by atoms with van der Waals surface area (Å²) in [5.74, 6) is -1.06. The lowest BCUT2D eigenvalue weighted by molar-refractivity contribution is -0.136. The van der Waals surface area contributed by atoms with Gasteiger partial charge in [0.1, 0.15) is 6.04 Å². The minimum atomic E-state index is -0.928. The summed E-state index contributed by atoms with van der Waals surface area (Å²) >= 11 is 0. The van der Waals surface area contributed by atoms with Crippen LogP contribution >= 0.6 is 0 Å². The van der Waals surface area contributed by atoms with E-state index in [1.807, 2.05) is 6.07 Å². The summed E-state index contributed by atoms with van der Waals surface area (Å²) in [4.78, 5) is 55.2. The molecule has 1 aromatic carbocycles. The highest BCUT2D eigenvalue weighted by Gasteiger charge is 2.44. The number of fused-ring (bicyclic) bond motifs is 1. The number of nitrogens with one attached hydrogen (secondary N) is 2. The molecule has 4 aliphatic heterocycles. The van der Waals surface area contributed by atoms with Crippen molar-refractivity contribution in [2.75, 3.05) is 50.7 Å². The first-order valence-corrected chi connectivity index (χ1v) is 11.0. The molecular weight excluding hydrogens is 398 g/mol. The number of carbonyl (C=O) groups is 4. The number of rotatable bonds is 5. The molecule has 0 aliphatic carbocycles. The normalized spacial score (nSPS) is 25.0. The molecule has 5 rings (SSSR count). The number of hydrogen-bond donors (Lipinski definition) is 2. The van der Waals surface area contributed by atoms with E-state index >= 15 is 0 Å². The van der Waals surface area contributed by atoms with E-state index in [1.54, 1.807) is 12.1 Å². The summed E-state index contributed by atoms with van der Waals surface area (Å²) in [6.07, 6.45) is 1.52. The van der Waals surface area contributed by atoms with Gasteiger partial charge in [0.25, 0.3) is 11.8 Å². The predicted molar refractivity (Wildman–Crippen MR) is 113 cm³/mol. The largest absolute Gasteiger partial charge is 0.369 e. The summed E-state index contributed by atoms with van der Waals surface area (Å²) in [7, 11) is 0. The first-order chi connectivity index (χ1) is 15.0. The maximum atomic E-state index is 13.0. The van der Waals surface area contributed by atoms with E-state index in [-0.39, 0.29) is 18.7 Å². The molecule has 9 heteroatoms. The van der Waals surface area contributed by atoms with Crippen molar-refractivity contribution >= 4 is 29.3 Å². The molecule has 0 radical (unpaired) electrons. The highest BCUT2D eigenvalue weighted by atomic mass is 16.2. The van der Waals surface area contributed by atoms with Crippen LogP contribution in [0.2, 0.25) is 0 Å². The van der Waals surface area contributed by atoms with Crippen molar-refractivity contribution in [2.45, 2.75) is 25.3 Å². The predicted octanol–water partition coefficient (Wildman–Crippen LogP) is -0.181. The molecule has 164 valence electrons. The average molecular weight is 425 g/mol. The second kappa shape index (κ2) is 8.05. The Hall–Kier alpha value is -2.78. The van der Waals surface area contributed by atoms with Gasteiger partial charge in [-0.1, -0.05) is 0 Å². The third kappa shape index (κ3) is 3.72. The van der Waals surface area contributed by atoms with Gasteiger partial charge >= 0.3 is 0 Å². The maximum absolute atomic E-state index is 13.0. The number of nitrogens with zero attached hydrogens (tertiary/aromatic N) is 3. The zero-order chi connectivity index (χ0) is 21.5. The highest BCUT2D eigenvalue weighted by Crippen LogP contribution is 2.31. The molecule has 1 unspecified atom stereocenters. The molecule has 0 saturated carbocycles. The van der Waals surface area contributed by atoms with E-state index < -0.39 is 23.8 Å². The fraction of sp³-hybridized carbons (Fsp3) is 0.545. The Kier molecular flexibility index (Phi) is 5.23. The summed E-state index contributed by atoms with van der Waals surface area (Å²) < 4.78 is 0. The number of imide groups is 2. The van der Waals surface area contributed by atoms with Crippen LogP contribution in [-0.2, 0) is 9.59 Å². The van der Waals surface area contributed by atoms with Gasteiger partial charge in [-0.3, -0.25) is 34.3 Å². The number of hydrogen-bond acceptors (Lipinski definition) is 7. The van der Waals surface area contributed by atoms with Gasteiger partial charge < -0.3 is 10.2 Å². The van der Waals surface area contributed by atoms with E-state index in [1.165, 1.54) is 6.42 Å². The Morgan fingerprint density at radius 3 is 2.35 bits per heavy atom. The molecule has 9 nitrogen and oxygen atoms in total. The smallest absolute Gasteiger partial charge is 0.262 e. The molecule has 3 saturated heterocycles. The Bertz CT molecular complexity index is 936. The van der Waals surface area contributed by atoms with Crippen LogP contribution in [0.15, 0.2) is 18.2 Å². The van der Waals surface area contributed by atoms with E-state index in [2.05, 4.69) is 20.4 Å². The van der Waals surface area contributed by atoms with Crippen LogP contribution in [0, 0.1) is 5.92 Å². The summed E-state index contributed by atoms with van der Waals surface area (Å²) in [6, 6.07) is 4.42. The lowest BCUT2D eigenvalue weighted by atomic mass is 9.99. The number of amides is 4. The van der Waals surface area contributed by atoms with Crippen molar-refractivity contribution in [2.24, 2.45) is 5.92 Å². The molecule has 1 aromatic rings. The van der Waals surface area contributed by atoms with Crippen LogP contribution in [0.5, 0.6) is 0 Å². The van der Waals surface area contributed by atoms with Gasteiger partial charge in [0.05, 0.1) is 11.1 Å². The number of piperazine rings is 1. The minimum absolute atomic E-state index is 0.122. The van der Waals surface area contributed by atoms with Gasteiger partial charge in [-0.15, -0.1) is 0 Å². The van der Waals surface area contributed by atoms with Crippen molar-refractivity contribution in [3.63, 3.8) is 0 Å². The quantitative estimate of drug-likeness (QED) is 0.631. The third-order valence-electron chi connectivity index (χ3n) is 6.88. The maximum Gasteiger partial charge on any atom is 0.262 e. The van der Waals surface area contributed by atoms with Gasteiger partial charge in [0, 0.05) is 38.3 Å². The van der Waals surface area contributed by atoms with Crippen LogP contribution in [0.25, 0.3) is 0 Å². The van der Waals surface area contributed by atoms with Crippen molar-refractivity contribution in [1.82, 2.24) is 20.4 Å². The Labute approximate surface area is 180 Å². The lowest BCUT2D eigenvalue weighted by Crippen LogP contribution is -2.54. The van der Waals surface area contributed by atoms with Crippen LogP contribution in [0.3, 0.4) is 0 Å². The zero-order valence-corrected chi connectivity index (χ0v) is 17.4. The molecule has 0 spiro atoms. The monoisotopic (exact) mass is 425 g/mol. The van der Waals surface area contributed by atoms with Gasteiger partial charge in [0.2, 0.25) is 11.8 Å². The van der Waals surface area contributed by atoms with Crippen LogP contribution in [-0.4, -0.2) is 85.3 Å². The van der Waals surface area contributed by atoms with Crippen molar-refractivity contribution in [3.05, 3.63) is 29.3 Å². The zero-order valence-electron chi connectivity index (χ0n) is 17.4. The van der Waals surface area contributed by atoms with Gasteiger partial charge in [-0.2, -0.15) is 0 Å². The second-order valence-electron chi connectivity index (χ2n) is 8.82. The second-order valence-corrected chi connectivity index (χ2v) is 8.82. The van der Waals surface area contributed by atoms with Crippen LogP contribution in [0.1, 0.15) is 40.0 Å². The fourth-order valence-corrected chi connectivity index (χ4v) is 4.80. The Balaban J connectivity index is 1.25. The minimum Gasteiger partial charge on any atom is -0.369 e. The van der Waals surface area contributed by atoms with Crippen LogP contribution in [0.4, 0.5) is 5.69 Å². The van der Waals surface area contributed by atoms with E-state index in [0.29, 0.717) is 11.1 Å². The average Bonchev–Trinajstić information content (AvgIpc) is 2.98. The topological polar surface area (TPSA) is 102 Å². The molecule has 3 fully saturated rings. The van der Waals surface area contributed by atoms with E-state index in [4.69, 9.17) is 0 Å². The molecule has 4 heterocycles. The molecular formula is C22H27N5O4. The first kappa shape index (κ1) is 20.1. The van der Waals surface area contributed by atoms with Gasteiger partial charge in [0.15, 0.2) is 0 Å². The number of anilines is 1. The molecule has 0 bridgehead atoms. The molecule has 4 aliphatic rings. The number of piperidine rings is 1. The molecule has 1 atom stereocenters. The number of carbonyl (C=O) groups excluding carboxylic acids is 4. The van der Waals surface area contributed by atoms with Gasteiger partial charge in [-0.05, 0) is 56.6 Å². The SMILES string of the molecule is O=C1CCC(N2C(=O)c3ccc(N4CCN(CCC5CNC5)CC4)cc3C2=O)C(=O)N1. The van der Waals surface area contributed by atoms with E-state index in [0.717, 1.165) is 62.3 Å². The molecule has 2 N–H and O–H groups in total. The summed E-state index contributed by atoms with van der Waals surface area (Å²) in [5, 5.41) is 5.54. The molecule has 0 aromatic heterocycles. The third-order valence-corrected chi connectivity index (χ3v) is 6.88.